The van der Waals surface area contributed by atoms with Crippen molar-refractivity contribution < 1.29 is 0 Å². The molecule has 0 saturated heterocycles. The number of hydrazine groups is 1. The Labute approximate surface area is 91.6 Å². The lowest BCUT2D eigenvalue weighted by atomic mass is 9.84. The first kappa shape index (κ1) is 10.1. The van der Waals surface area contributed by atoms with Crippen LogP contribution in [-0.4, -0.2) is 7.05 Å². The number of hydrogen-bond acceptors (Lipinski definition) is 2. The molecular formula is C13H18N2. The summed E-state index contributed by atoms with van der Waals surface area (Å²) in [6.45, 7) is 10.7. The maximum Gasteiger partial charge on any atom is 0.0699 e. The third-order valence-corrected chi connectivity index (χ3v) is 2.81. The van der Waals surface area contributed by atoms with E-state index in [1.807, 2.05) is 7.05 Å². The fraction of sp³-hybridized carbons (Fsp3) is 0.385. The van der Waals surface area contributed by atoms with E-state index in [0.29, 0.717) is 0 Å². The van der Waals surface area contributed by atoms with Crippen molar-refractivity contribution in [2.45, 2.75) is 26.2 Å². The molecule has 2 heteroatoms. The highest BCUT2D eigenvalue weighted by atomic mass is 15.5. The van der Waals surface area contributed by atoms with E-state index in [1.54, 1.807) is 0 Å². The number of para-hydroxylation sites is 1. The van der Waals surface area contributed by atoms with Gasteiger partial charge in [-0.05, 0) is 11.0 Å². The third-order valence-electron chi connectivity index (χ3n) is 2.81. The monoisotopic (exact) mass is 202 g/mol. The van der Waals surface area contributed by atoms with Crippen LogP contribution in [0.4, 0.5) is 5.69 Å². The van der Waals surface area contributed by atoms with Crippen molar-refractivity contribution in [3.8, 4) is 0 Å². The van der Waals surface area contributed by atoms with Gasteiger partial charge in [0.1, 0.15) is 0 Å². The van der Waals surface area contributed by atoms with Crippen LogP contribution in [0.3, 0.4) is 0 Å². The molecule has 1 aliphatic heterocycles. The molecule has 80 valence electrons. The van der Waals surface area contributed by atoms with Crippen LogP contribution in [0.1, 0.15) is 31.9 Å². The first-order chi connectivity index (χ1) is 6.91. The Kier molecular flexibility index (Phi) is 2.03. The van der Waals surface area contributed by atoms with Gasteiger partial charge >= 0.3 is 0 Å². The third kappa shape index (κ3) is 1.50. The van der Waals surface area contributed by atoms with Gasteiger partial charge in [-0.3, -0.25) is 10.4 Å². The summed E-state index contributed by atoms with van der Waals surface area (Å²) in [4.78, 5) is 0. The molecule has 0 unspecified atom stereocenters. The average Bonchev–Trinajstić information content (AvgIpc) is 2.41. The smallest absolute Gasteiger partial charge is 0.0699 e. The maximum absolute atomic E-state index is 4.02. The lowest BCUT2D eigenvalue weighted by molar-refractivity contribution is 0.588. The number of anilines is 1. The Balaban J connectivity index is 2.66. The van der Waals surface area contributed by atoms with E-state index < -0.39 is 0 Å². The van der Waals surface area contributed by atoms with Crippen LogP contribution in [0, 0.1) is 0 Å². The van der Waals surface area contributed by atoms with Gasteiger partial charge in [-0.1, -0.05) is 45.5 Å². The van der Waals surface area contributed by atoms with Gasteiger partial charge in [0.2, 0.25) is 0 Å². The predicted molar refractivity (Wildman–Crippen MR) is 65.7 cm³/mol. The van der Waals surface area contributed by atoms with Gasteiger partial charge < -0.3 is 0 Å². The number of rotatable bonds is 0. The lowest BCUT2D eigenvalue weighted by Crippen LogP contribution is -2.28. The van der Waals surface area contributed by atoms with Crippen LogP contribution < -0.4 is 10.4 Å². The summed E-state index contributed by atoms with van der Waals surface area (Å²) in [6.07, 6.45) is 0. The van der Waals surface area contributed by atoms with Gasteiger partial charge in [0.05, 0.1) is 11.4 Å². The van der Waals surface area contributed by atoms with E-state index >= 15 is 0 Å². The summed E-state index contributed by atoms with van der Waals surface area (Å²) in [5.74, 6) is 0. The zero-order chi connectivity index (χ0) is 11.2. The van der Waals surface area contributed by atoms with Crippen LogP contribution in [0.2, 0.25) is 0 Å². The minimum atomic E-state index is 0.159. The number of fused-ring (bicyclic) bond motifs is 1. The highest BCUT2D eigenvalue weighted by Gasteiger charge is 2.27. The minimum absolute atomic E-state index is 0.159. The van der Waals surface area contributed by atoms with E-state index in [2.05, 4.69) is 56.0 Å². The van der Waals surface area contributed by atoms with Crippen LogP contribution in [0.25, 0.3) is 5.70 Å². The molecule has 2 nitrogen and oxygen atoms in total. The molecule has 1 aliphatic rings. The van der Waals surface area contributed by atoms with Crippen molar-refractivity contribution in [1.82, 2.24) is 5.43 Å². The van der Waals surface area contributed by atoms with Crippen molar-refractivity contribution >= 4 is 11.4 Å². The predicted octanol–water partition coefficient (Wildman–Crippen LogP) is 2.91. The lowest BCUT2D eigenvalue weighted by Gasteiger charge is -2.25. The van der Waals surface area contributed by atoms with Gasteiger partial charge in [-0.25, -0.2) is 0 Å². The zero-order valence-electron chi connectivity index (χ0n) is 9.89. The molecule has 0 saturated carbocycles. The molecular weight excluding hydrogens is 184 g/mol. The largest absolute Gasteiger partial charge is 0.299 e. The summed E-state index contributed by atoms with van der Waals surface area (Å²) in [7, 11) is 2.03. The second-order valence-electron chi connectivity index (χ2n) is 5.10. The average molecular weight is 202 g/mol. The number of nitrogens with zero attached hydrogens (tertiary/aromatic N) is 1. The molecule has 1 aromatic carbocycles. The summed E-state index contributed by atoms with van der Waals surface area (Å²) in [5.41, 5.74) is 8.20. The second kappa shape index (κ2) is 3.02. The Bertz CT molecular complexity index is 413. The van der Waals surface area contributed by atoms with Gasteiger partial charge in [0.25, 0.3) is 0 Å². The van der Waals surface area contributed by atoms with Crippen molar-refractivity contribution in [2.24, 2.45) is 0 Å². The number of nitrogens with one attached hydrogen (secondary N) is 1. The molecule has 1 N–H and O–H groups in total. The van der Waals surface area contributed by atoms with E-state index in [0.717, 1.165) is 5.70 Å². The normalized spacial score (nSPS) is 15.2. The van der Waals surface area contributed by atoms with E-state index in [9.17, 15) is 0 Å². The molecule has 1 aromatic rings. The highest BCUT2D eigenvalue weighted by molar-refractivity contribution is 5.83. The van der Waals surface area contributed by atoms with Crippen molar-refractivity contribution in [3.05, 3.63) is 35.9 Å². The fourth-order valence-corrected chi connectivity index (χ4v) is 2.07. The second-order valence-corrected chi connectivity index (χ2v) is 5.10. The Hall–Kier alpha value is -1.44. The van der Waals surface area contributed by atoms with Crippen LogP contribution in [-0.2, 0) is 5.41 Å². The Morgan fingerprint density at radius 2 is 1.93 bits per heavy atom. The summed E-state index contributed by atoms with van der Waals surface area (Å²) < 4.78 is 0. The first-order valence-electron chi connectivity index (χ1n) is 5.24. The molecule has 0 radical (unpaired) electrons. The molecule has 0 amide bonds. The van der Waals surface area contributed by atoms with Gasteiger partial charge in [0.15, 0.2) is 0 Å². The topological polar surface area (TPSA) is 15.3 Å². The van der Waals surface area contributed by atoms with E-state index in [1.165, 1.54) is 16.8 Å². The molecule has 0 aromatic heterocycles. The summed E-state index contributed by atoms with van der Waals surface area (Å²) >= 11 is 0. The molecule has 1 heterocycles. The van der Waals surface area contributed by atoms with Gasteiger partial charge in [-0.2, -0.15) is 0 Å². The quantitative estimate of drug-likeness (QED) is 0.696. The Morgan fingerprint density at radius 1 is 1.27 bits per heavy atom. The first-order valence-corrected chi connectivity index (χ1v) is 5.24. The summed E-state index contributed by atoms with van der Waals surface area (Å²) in [5, 5.41) is 2.05. The van der Waals surface area contributed by atoms with Crippen LogP contribution >= 0.6 is 0 Å². The fourth-order valence-electron chi connectivity index (χ4n) is 2.07. The van der Waals surface area contributed by atoms with Crippen molar-refractivity contribution in [2.75, 3.05) is 12.1 Å². The molecule has 0 spiro atoms. The highest BCUT2D eigenvalue weighted by Crippen LogP contribution is 2.39. The van der Waals surface area contributed by atoms with Crippen molar-refractivity contribution in [1.29, 1.82) is 0 Å². The van der Waals surface area contributed by atoms with Crippen molar-refractivity contribution in [3.63, 3.8) is 0 Å². The molecule has 15 heavy (non-hydrogen) atoms. The maximum atomic E-state index is 4.02. The summed E-state index contributed by atoms with van der Waals surface area (Å²) in [6, 6.07) is 6.41. The molecule has 0 fully saturated rings. The van der Waals surface area contributed by atoms with Gasteiger partial charge in [0, 0.05) is 12.6 Å². The molecule has 0 atom stereocenters. The number of hydrogen-bond donors (Lipinski definition) is 1. The molecule has 0 aliphatic carbocycles. The van der Waals surface area contributed by atoms with Crippen LogP contribution in [0.15, 0.2) is 24.8 Å². The van der Waals surface area contributed by atoms with Crippen LogP contribution in [0.5, 0.6) is 0 Å². The zero-order valence-corrected chi connectivity index (χ0v) is 9.89. The molecule has 0 bridgehead atoms. The molecule has 2 rings (SSSR count). The SMILES string of the molecule is C=C1NN(C)c2c1cccc2C(C)(C)C. The minimum Gasteiger partial charge on any atom is -0.299 e. The van der Waals surface area contributed by atoms with E-state index in [-0.39, 0.29) is 5.41 Å². The Morgan fingerprint density at radius 3 is 2.53 bits per heavy atom. The number of benzene rings is 1. The van der Waals surface area contributed by atoms with Gasteiger partial charge in [-0.15, -0.1) is 0 Å². The van der Waals surface area contributed by atoms with E-state index in [4.69, 9.17) is 0 Å². The standard InChI is InChI=1S/C13H18N2/c1-9-10-7-6-8-11(13(2,3)4)12(10)15(5)14-9/h6-8,14H,1H2,2-5H3.